The van der Waals surface area contributed by atoms with E-state index in [-0.39, 0.29) is 11.8 Å². The minimum atomic E-state index is -0.932. The zero-order valence-corrected chi connectivity index (χ0v) is 22.9. The van der Waals surface area contributed by atoms with Crippen molar-refractivity contribution in [2.45, 2.75) is 6.23 Å². The molecule has 0 saturated carbocycles. The normalized spacial score (nSPS) is 11.9. The summed E-state index contributed by atoms with van der Waals surface area (Å²) in [6.45, 7) is 0. The van der Waals surface area contributed by atoms with Gasteiger partial charge in [0.05, 0.1) is 33.8 Å². The Morgan fingerprint density at radius 3 is 2.63 bits per heavy atom. The predicted octanol–water partition coefficient (Wildman–Crippen LogP) is 6.17. The van der Waals surface area contributed by atoms with Crippen molar-refractivity contribution >= 4 is 56.6 Å². The number of carbonyl (C=O) groups excluding carboxylic acids is 1. The molecule has 0 radical (unpaired) electrons. The molecular formula is C29H21Cl2N7O3. The second-order valence-electron chi connectivity index (χ2n) is 8.95. The summed E-state index contributed by atoms with van der Waals surface area (Å²) in [6.07, 6.45) is 5.23. The first-order chi connectivity index (χ1) is 19.9. The van der Waals surface area contributed by atoms with Gasteiger partial charge in [-0.05, 0) is 36.4 Å². The number of amides is 1. The molecule has 1 atom stereocenters. The quantitative estimate of drug-likeness (QED) is 0.189. The smallest absolute Gasteiger partial charge is 0.258 e. The number of H-pyrrole nitrogens is 1. The fourth-order valence-corrected chi connectivity index (χ4v) is 5.08. The van der Waals surface area contributed by atoms with E-state index in [0.717, 1.165) is 16.3 Å². The Labute approximate surface area is 243 Å². The zero-order chi connectivity index (χ0) is 28.5. The Balaban J connectivity index is 1.33. The second-order valence-corrected chi connectivity index (χ2v) is 9.76. The number of rotatable bonds is 7. The Kier molecular flexibility index (Phi) is 7.10. The van der Waals surface area contributed by atoms with Crippen molar-refractivity contribution in [3.05, 3.63) is 101 Å². The standard InChI is InChI=1S/C29H21Cl2N7O3/c1-40-29-23(36-28(39)18-6-2-4-15-5-3-9-34-25(15)18)10-16(12-35-29)26-19-11-17(7-8-22(19)37-38-26)41-27(32)24-20(30)13-33-14-21(24)31/h2-14,27H,32H2,1H3,(H,36,39)(H,37,38)/t27-/m0/s1. The fraction of sp³-hybridized carbons (Fsp3) is 0.0690. The highest BCUT2D eigenvalue weighted by atomic mass is 35.5. The largest absolute Gasteiger partial charge is 0.480 e. The lowest BCUT2D eigenvalue weighted by molar-refractivity contribution is 0.102. The maximum atomic E-state index is 13.3. The van der Waals surface area contributed by atoms with Gasteiger partial charge in [0.2, 0.25) is 5.88 Å². The number of fused-ring (bicyclic) bond motifs is 2. The van der Waals surface area contributed by atoms with Crippen LogP contribution in [-0.2, 0) is 0 Å². The van der Waals surface area contributed by atoms with Crippen LogP contribution < -0.4 is 20.5 Å². The van der Waals surface area contributed by atoms with E-state index >= 15 is 0 Å². The topological polar surface area (TPSA) is 141 Å². The fourth-order valence-electron chi connectivity index (χ4n) is 4.50. The number of nitrogens with two attached hydrogens (primary N) is 1. The molecule has 1 amide bonds. The molecule has 0 saturated heterocycles. The number of carbonyl (C=O) groups is 1. The summed E-state index contributed by atoms with van der Waals surface area (Å²) in [5.41, 5.74) is 10.0. The van der Waals surface area contributed by atoms with E-state index < -0.39 is 6.23 Å². The molecule has 0 spiro atoms. The monoisotopic (exact) mass is 585 g/mol. The molecule has 0 aliphatic carbocycles. The molecule has 0 bridgehead atoms. The Bertz CT molecular complexity index is 1900. The highest BCUT2D eigenvalue weighted by molar-refractivity contribution is 6.35. The van der Waals surface area contributed by atoms with E-state index in [0.29, 0.717) is 49.4 Å². The van der Waals surface area contributed by atoms with Crippen LogP contribution in [0.25, 0.3) is 33.1 Å². The van der Waals surface area contributed by atoms with E-state index in [1.54, 1.807) is 36.7 Å². The van der Waals surface area contributed by atoms with E-state index in [1.807, 2.05) is 30.3 Å². The average Bonchev–Trinajstić information content (AvgIpc) is 3.40. The molecule has 4 aromatic heterocycles. The van der Waals surface area contributed by atoms with Gasteiger partial charge < -0.3 is 14.8 Å². The number of anilines is 1. The lowest BCUT2D eigenvalue weighted by Gasteiger charge is -2.17. The zero-order valence-electron chi connectivity index (χ0n) is 21.4. The van der Waals surface area contributed by atoms with E-state index in [1.165, 1.54) is 19.5 Å². The van der Waals surface area contributed by atoms with Crippen molar-refractivity contribution in [1.82, 2.24) is 25.1 Å². The van der Waals surface area contributed by atoms with Crippen LogP contribution >= 0.6 is 23.2 Å². The van der Waals surface area contributed by atoms with Gasteiger partial charge in [-0.1, -0.05) is 41.4 Å². The molecule has 4 N–H and O–H groups in total. The molecule has 4 heterocycles. The van der Waals surface area contributed by atoms with Gasteiger partial charge in [0.15, 0.2) is 6.23 Å². The molecule has 41 heavy (non-hydrogen) atoms. The van der Waals surface area contributed by atoms with Gasteiger partial charge >= 0.3 is 0 Å². The van der Waals surface area contributed by atoms with Gasteiger partial charge in [-0.15, -0.1) is 0 Å². The van der Waals surface area contributed by atoms with Crippen molar-refractivity contribution < 1.29 is 14.3 Å². The summed E-state index contributed by atoms with van der Waals surface area (Å²) in [5.74, 6) is 0.364. The van der Waals surface area contributed by atoms with Crippen LogP contribution in [0.1, 0.15) is 22.1 Å². The maximum Gasteiger partial charge on any atom is 0.258 e. The number of nitrogens with zero attached hydrogens (tertiary/aromatic N) is 4. The summed E-state index contributed by atoms with van der Waals surface area (Å²) in [5, 5.41) is 12.6. The number of para-hydroxylation sites is 1. The van der Waals surface area contributed by atoms with Gasteiger partial charge in [0, 0.05) is 46.7 Å². The van der Waals surface area contributed by atoms with E-state index in [4.69, 9.17) is 38.4 Å². The Morgan fingerprint density at radius 1 is 1.02 bits per heavy atom. The highest BCUT2D eigenvalue weighted by Gasteiger charge is 2.19. The Morgan fingerprint density at radius 2 is 1.83 bits per heavy atom. The lowest BCUT2D eigenvalue weighted by atomic mass is 10.1. The van der Waals surface area contributed by atoms with Gasteiger partial charge in [0.25, 0.3) is 5.91 Å². The van der Waals surface area contributed by atoms with Gasteiger partial charge in [-0.3, -0.25) is 25.6 Å². The minimum absolute atomic E-state index is 0.247. The number of halogens is 2. The van der Waals surface area contributed by atoms with E-state index in [9.17, 15) is 4.79 Å². The first-order valence-corrected chi connectivity index (χ1v) is 13.1. The van der Waals surface area contributed by atoms with E-state index in [2.05, 4.69) is 30.5 Å². The van der Waals surface area contributed by atoms with Crippen molar-refractivity contribution in [3.8, 4) is 22.9 Å². The van der Waals surface area contributed by atoms with Crippen LogP contribution in [-0.4, -0.2) is 38.2 Å². The number of methoxy groups -OCH3 is 1. The third-order valence-corrected chi connectivity index (χ3v) is 7.02. The maximum absolute atomic E-state index is 13.3. The molecule has 12 heteroatoms. The molecule has 204 valence electrons. The molecule has 0 unspecified atom stereocenters. The highest BCUT2D eigenvalue weighted by Crippen LogP contribution is 2.35. The molecular weight excluding hydrogens is 565 g/mol. The minimum Gasteiger partial charge on any atom is -0.480 e. The number of aromatic nitrogens is 5. The number of hydrogen-bond acceptors (Lipinski definition) is 8. The van der Waals surface area contributed by atoms with Crippen molar-refractivity contribution in [3.63, 3.8) is 0 Å². The summed E-state index contributed by atoms with van der Waals surface area (Å²) in [6, 6.07) is 16.2. The van der Waals surface area contributed by atoms with Crippen molar-refractivity contribution in [2.75, 3.05) is 12.4 Å². The van der Waals surface area contributed by atoms with Crippen LogP contribution in [0.2, 0.25) is 10.0 Å². The Hall–Kier alpha value is -4.77. The van der Waals surface area contributed by atoms with Crippen molar-refractivity contribution in [1.29, 1.82) is 0 Å². The molecule has 0 aliphatic heterocycles. The number of ether oxygens (including phenoxy) is 2. The second kappa shape index (κ2) is 11.0. The third-order valence-electron chi connectivity index (χ3n) is 6.42. The molecule has 6 aromatic rings. The summed E-state index contributed by atoms with van der Waals surface area (Å²) < 4.78 is 11.4. The summed E-state index contributed by atoms with van der Waals surface area (Å²) in [4.78, 5) is 26.0. The first-order valence-electron chi connectivity index (χ1n) is 12.3. The van der Waals surface area contributed by atoms with Crippen LogP contribution in [0.3, 0.4) is 0 Å². The number of aromatic amines is 1. The third kappa shape index (κ3) is 5.11. The SMILES string of the molecule is COc1ncc(-c2n[nH]c3ccc(O[C@H](N)c4c(Cl)cncc4Cl)cc23)cc1NC(=O)c1cccc2cccnc12. The van der Waals surface area contributed by atoms with Gasteiger partial charge in [-0.2, -0.15) is 5.10 Å². The average molecular weight is 586 g/mol. The number of nitrogens with one attached hydrogen (secondary N) is 2. The lowest BCUT2D eigenvalue weighted by Crippen LogP contribution is -2.18. The van der Waals surface area contributed by atoms with Crippen LogP contribution in [0.5, 0.6) is 11.6 Å². The molecule has 2 aromatic carbocycles. The van der Waals surface area contributed by atoms with Gasteiger partial charge in [-0.25, -0.2) is 4.98 Å². The molecule has 0 fully saturated rings. The van der Waals surface area contributed by atoms with Crippen LogP contribution in [0.4, 0.5) is 5.69 Å². The number of hydrogen-bond donors (Lipinski definition) is 3. The molecule has 6 rings (SSSR count). The summed E-state index contributed by atoms with van der Waals surface area (Å²) >= 11 is 12.5. The number of benzene rings is 2. The number of pyridine rings is 3. The first kappa shape index (κ1) is 26.5. The molecule has 0 aliphatic rings. The van der Waals surface area contributed by atoms with Crippen LogP contribution in [0.15, 0.2) is 79.4 Å². The summed E-state index contributed by atoms with van der Waals surface area (Å²) in [7, 11) is 1.48. The predicted molar refractivity (Wildman–Crippen MR) is 157 cm³/mol. The van der Waals surface area contributed by atoms with Crippen LogP contribution in [0, 0.1) is 0 Å². The van der Waals surface area contributed by atoms with Gasteiger partial charge in [0.1, 0.15) is 17.1 Å². The molecule has 10 nitrogen and oxygen atoms in total. The van der Waals surface area contributed by atoms with Crippen molar-refractivity contribution in [2.24, 2.45) is 5.73 Å².